The Morgan fingerprint density at radius 2 is 0.271 bits per heavy atom. The Bertz CT molecular complexity index is 3980. The molecule has 10 saturated heterocycles. The smallest absolute Gasteiger partial charge is 0.550 e. The number of nitrogens with one attached hydrogen (secondary N) is 16. The van der Waals surface area contributed by atoms with Crippen molar-refractivity contribution >= 4 is 83.6 Å². The molecule has 44 nitrogen and oxygen atoms in total. The molecule has 18 fully saturated rings. The molecule has 16 N–H and O–H groups in total. The first kappa shape index (κ1) is 107. The number of fused-ring (bicyclic) bond motifs is 40. The molecule has 0 spiro atoms. The quantitative estimate of drug-likeness (QED) is 0.0718. The number of hydrogen-bond acceptors (Lipinski definition) is 44. The van der Waals surface area contributed by atoms with E-state index in [1.165, 1.54) is 0 Å². The summed E-state index contributed by atoms with van der Waals surface area (Å²) < 4.78 is 0. The van der Waals surface area contributed by atoms with Crippen molar-refractivity contribution in [3.8, 4) is 0 Å². The zero-order valence-electron chi connectivity index (χ0n) is 67.8. The summed E-state index contributed by atoms with van der Waals surface area (Å²) in [6, 6.07) is 0. The number of rotatable bonds is 14. The maximum Gasteiger partial charge on any atom is 2.00 e. The van der Waals surface area contributed by atoms with Gasteiger partial charge in [0.15, 0.2) is 0 Å². The van der Waals surface area contributed by atoms with Crippen LogP contribution in [0.25, 0.3) is 0 Å². The van der Waals surface area contributed by atoms with Gasteiger partial charge in [0.25, 0.3) is 0 Å². The van der Waals surface area contributed by atoms with E-state index in [1.54, 1.807) is 0 Å². The molecular formula is C78H98Cu7N16O28. The van der Waals surface area contributed by atoms with E-state index in [1.807, 2.05) is 0 Å². The summed E-state index contributed by atoms with van der Waals surface area (Å²) in [5.41, 5.74) is 0. The second-order valence-corrected chi connectivity index (χ2v) is 38.0. The van der Waals surface area contributed by atoms with Gasteiger partial charge in [-0.25, -0.2) is 0 Å². The molecule has 51 heteroatoms. The number of hydrogen-bond donors (Lipinski definition) is 16. The van der Waals surface area contributed by atoms with Gasteiger partial charge in [-0.2, -0.15) is 0 Å². The predicted molar refractivity (Wildman–Crippen MR) is 369 cm³/mol. The van der Waals surface area contributed by atoms with Crippen LogP contribution < -0.4 is 157 Å². The Kier molecular flexibility index (Phi) is 34.9. The van der Waals surface area contributed by atoms with E-state index in [9.17, 15) is 139 Å². The first-order chi connectivity index (χ1) is 58.1. The summed E-state index contributed by atoms with van der Waals surface area (Å²) in [4.78, 5) is 180. The molecule has 18 aliphatic rings. The maximum absolute atomic E-state index is 13.2. The summed E-state index contributed by atoms with van der Waals surface area (Å²) in [5.74, 6) is -68.9. The van der Waals surface area contributed by atoms with Crippen molar-refractivity contribution in [2.45, 2.75) is 214 Å². The average Bonchev–Trinajstić information content (AvgIpc) is 1.64. The first-order valence-electron chi connectivity index (χ1n) is 43.2. The van der Waals surface area contributed by atoms with Crippen LogP contribution in [0.2, 0.25) is 0 Å². The van der Waals surface area contributed by atoms with Crippen LogP contribution >= 0.6 is 0 Å². The van der Waals surface area contributed by atoms with Crippen LogP contribution in [0.3, 0.4) is 0 Å². The Morgan fingerprint density at radius 3 is 0.419 bits per heavy atom. The fourth-order valence-electron chi connectivity index (χ4n) is 28.7. The summed E-state index contributed by atoms with van der Waals surface area (Å²) >= 11 is 0. The van der Waals surface area contributed by atoms with Crippen LogP contribution in [0, 0.1) is 178 Å². The average molecular weight is 2150 g/mol. The molecule has 16 bridgehead atoms. The third kappa shape index (κ3) is 18.8. The SMILES string of the molecule is O=C([O-])C1CC2C3NC4NC(NC5NC(NC6NC(NC(N3)C2C(C(=O)[O-])C1C(=O)[O-])C1C(C(=O)[O-])C(C(=O)[O-])C(C(=O)[O-])C(C(=O)[O-])C61)C1CCCCC51)C1CCCCC41.O=C([O-])C1CC2C3NC4NC(NC5NC(NC6NC(NC(N3)C2C(C(=O)[O-])C1C(=O)[O-])C1C(C(=O)[O-])C(C(=O)[O-])C(C(=O)[O-])C(C(=O)[O-])C61)C1CCCCC51)C1CCCCC41.[Cu+2].[Cu+2].[Cu+2].[Cu+2].[Cu+2].[Cu+2].[Cu+2]. The molecule has 0 aromatic heterocycles. The Morgan fingerprint density at radius 1 is 0.147 bits per heavy atom. The fraction of sp³-hybridized carbons (Fsp3) is 0.821. The Hall–Kier alpha value is -4.42. The van der Waals surface area contributed by atoms with Crippen LogP contribution in [-0.4, -0.2) is 182 Å². The van der Waals surface area contributed by atoms with Crippen molar-refractivity contribution in [2.75, 3.05) is 0 Å². The van der Waals surface area contributed by atoms with E-state index in [-0.39, 0.29) is 204 Å². The second kappa shape index (κ2) is 42.3. The molecule has 8 saturated carbocycles. The molecule has 129 heavy (non-hydrogen) atoms. The molecule has 7 radical (unpaired) electrons. The number of aliphatic carboxylic acids is 14. The Balaban J connectivity index is 0.000000255. The van der Waals surface area contributed by atoms with Crippen molar-refractivity contribution in [2.24, 2.45) is 178 Å². The molecule has 735 valence electrons. The molecule has 0 aromatic carbocycles. The maximum atomic E-state index is 13.2. The standard InChI is InChI=1S/2C39H56N8O14.7Cu/c2*48-33(49)15-9-14-16(20(35(52)53)17(15)34(50)51)30-45-29(14)43-27-11-6-2-1-5-10(11)25(41-27)40-26-12-7-3-4-8-13(12)28(42-26)44-31-18-19(32(46-30)47-31)22(37(56)57)24(39(60)61)23(38(58)59)21(18)36(54)55;;;;;;;/h2*10-32,40-47H,1-9H2,(H,48,49)(H,50,51)(H,52,53)(H,54,55)(H,56,57)(H,58,59)(H,60,61);;;;;;;/q;;7*+2/p-14. The fourth-order valence-corrected chi connectivity index (χ4v) is 28.7. The molecule has 0 aromatic rings. The zero-order chi connectivity index (χ0) is 86.7. The molecule has 8 aliphatic carbocycles. The second-order valence-electron chi connectivity index (χ2n) is 38.0. The summed E-state index contributed by atoms with van der Waals surface area (Å²) in [5, 5.41) is 236. The van der Waals surface area contributed by atoms with Crippen LogP contribution in [-0.2, 0) is 187 Å². The van der Waals surface area contributed by atoms with Crippen molar-refractivity contribution in [1.82, 2.24) is 85.1 Å². The third-order valence-electron chi connectivity index (χ3n) is 33.1. The van der Waals surface area contributed by atoms with Crippen molar-refractivity contribution < 1.29 is 258 Å². The summed E-state index contributed by atoms with van der Waals surface area (Å²) in [6.45, 7) is 0. The Labute approximate surface area is 812 Å². The predicted octanol–water partition coefficient (Wildman–Crippen LogP) is -23.1. The van der Waals surface area contributed by atoms with Gasteiger partial charge in [-0.1, -0.05) is 51.4 Å². The molecule has 10 aliphatic heterocycles. The van der Waals surface area contributed by atoms with Crippen LogP contribution in [0.5, 0.6) is 0 Å². The normalized spacial score (nSPS) is 47.2. The van der Waals surface area contributed by atoms with E-state index in [2.05, 4.69) is 85.1 Å². The van der Waals surface area contributed by atoms with Gasteiger partial charge in [0.2, 0.25) is 0 Å². The number of carboxylic acids is 14. The topological polar surface area (TPSA) is 754 Å². The van der Waals surface area contributed by atoms with E-state index in [0.29, 0.717) is 0 Å². The van der Waals surface area contributed by atoms with Crippen LogP contribution in [0.1, 0.15) is 116 Å². The molecule has 10 heterocycles. The first-order valence-corrected chi connectivity index (χ1v) is 43.2. The molecule has 0 amide bonds. The summed E-state index contributed by atoms with van der Waals surface area (Å²) in [7, 11) is 0. The third-order valence-corrected chi connectivity index (χ3v) is 33.1. The van der Waals surface area contributed by atoms with Gasteiger partial charge in [-0.15, -0.1) is 0 Å². The minimum atomic E-state index is -2.49. The van der Waals surface area contributed by atoms with Gasteiger partial charge in [0.1, 0.15) is 0 Å². The number of carboxylic acid groups (broad SMARTS) is 14. The molecule has 46 atom stereocenters. The van der Waals surface area contributed by atoms with Gasteiger partial charge in [-0.3, -0.25) is 85.1 Å². The van der Waals surface area contributed by atoms with Crippen LogP contribution in [0.4, 0.5) is 0 Å². The van der Waals surface area contributed by atoms with E-state index in [4.69, 9.17) is 0 Å². The van der Waals surface area contributed by atoms with Gasteiger partial charge in [0, 0.05) is 202 Å². The molecule has 18 rings (SSSR count). The van der Waals surface area contributed by atoms with E-state index >= 15 is 0 Å². The van der Waals surface area contributed by atoms with Crippen molar-refractivity contribution in [1.29, 1.82) is 0 Å². The van der Waals surface area contributed by atoms with Gasteiger partial charge < -0.3 is 139 Å². The van der Waals surface area contributed by atoms with Crippen molar-refractivity contribution in [3.05, 3.63) is 0 Å². The molecular weight excluding hydrogens is 2050 g/mol. The minimum Gasteiger partial charge on any atom is -0.550 e. The van der Waals surface area contributed by atoms with Crippen molar-refractivity contribution in [3.63, 3.8) is 0 Å². The van der Waals surface area contributed by atoms with E-state index in [0.717, 1.165) is 103 Å². The minimum absolute atomic E-state index is 0. The monoisotopic (exact) mass is 2150 g/mol. The van der Waals surface area contributed by atoms with E-state index < -0.39 is 288 Å². The molecule has 46 unspecified atom stereocenters. The zero-order valence-corrected chi connectivity index (χ0v) is 74.4. The number of carbonyl (C=O) groups is 14. The van der Waals surface area contributed by atoms with Gasteiger partial charge in [0.05, 0.1) is 98.7 Å². The van der Waals surface area contributed by atoms with Crippen LogP contribution in [0.15, 0.2) is 0 Å². The largest absolute Gasteiger partial charge is 2.00 e. The number of carbonyl (C=O) groups excluding carboxylic acids is 14. The van der Waals surface area contributed by atoms with Gasteiger partial charge >= 0.3 is 119 Å². The van der Waals surface area contributed by atoms with Gasteiger partial charge in [-0.05, 0) is 123 Å². The summed E-state index contributed by atoms with van der Waals surface area (Å²) in [6.07, 6.45) is 0.634.